The van der Waals surface area contributed by atoms with Crippen LogP contribution in [0, 0.1) is 5.82 Å². The highest BCUT2D eigenvalue weighted by Gasteiger charge is 2.26. The number of ether oxygens (including phenoxy) is 3. The Labute approximate surface area is 125 Å². The van der Waals surface area contributed by atoms with Gasteiger partial charge in [-0.15, -0.1) is 0 Å². The van der Waals surface area contributed by atoms with Crippen LogP contribution >= 0.6 is 0 Å². The molecule has 1 aromatic carbocycles. The average molecular weight is 297 g/mol. The summed E-state index contributed by atoms with van der Waals surface area (Å²) in [5.41, 5.74) is 6.14. The highest BCUT2D eigenvalue weighted by Crippen LogP contribution is 2.33. The monoisotopic (exact) mass is 297 g/mol. The van der Waals surface area contributed by atoms with Gasteiger partial charge in [0, 0.05) is 25.0 Å². The topological polar surface area (TPSA) is 53.7 Å². The summed E-state index contributed by atoms with van der Waals surface area (Å²) in [7, 11) is 0. The van der Waals surface area contributed by atoms with Gasteiger partial charge in [-0.05, 0) is 27.7 Å². The van der Waals surface area contributed by atoms with E-state index in [2.05, 4.69) is 0 Å². The summed E-state index contributed by atoms with van der Waals surface area (Å²) in [5, 5.41) is 0. The van der Waals surface area contributed by atoms with Crippen LogP contribution in [-0.4, -0.2) is 24.4 Å². The van der Waals surface area contributed by atoms with Crippen LogP contribution in [0.5, 0.6) is 11.5 Å². The average Bonchev–Trinajstić information content (AvgIpc) is 2.33. The van der Waals surface area contributed by atoms with Crippen molar-refractivity contribution in [1.82, 2.24) is 0 Å². The molecule has 1 saturated heterocycles. The predicted molar refractivity (Wildman–Crippen MR) is 80.2 cm³/mol. The Morgan fingerprint density at radius 3 is 2.38 bits per heavy atom. The highest BCUT2D eigenvalue weighted by molar-refractivity contribution is 5.56. The maximum atomic E-state index is 13.8. The lowest BCUT2D eigenvalue weighted by Crippen LogP contribution is -2.35. The van der Waals surface area contributed by atoms with Gasteiger partial charge < -0.3 is 19.9 Å². The molecule has 5 heteroatoms. The molecule has 0 spiro atoms. The molecular formula is C16H24FNO3. The molecule has 1 aliphatic rings. The van der Waals surface area contributed by atoms with Gasteiger partial charge in [0.25, 0.3) is 0 Å². The fourth-order valence-corrected chi connectivity index (χ4v) is 2.62. The molecule has 2 atom stereocenters. The zero-order valence-corrected chi connectivity index (χ0v) is 13.1. The van der Waals surface area contributed by atoms with Gasteiger partial charge in [0.1, 0.15) is 11.9 Å². The summed E-state index contributed by atoms with van der Waals surface area (Å²) >= 11 is 0. The summed E-state index contributed by atoms with van der Waals surface area (Å²) < 4.78 is 30.9. The lowest BCUT2D eigenvalue weighted by Gasteiger charge is -2.32. The van der Waals surface area contributed by atoms with Crippen LogP contribution in [0.15, 0.2) is 12.1 Å². The predicted octanol–water partition coefficient (Wildman–Crippen LogP) is 3.53. The van der Waals surface area contributed by atoms with E-state index in [4.69, 9.17) is 19.9 Å². The minimum atomic E-state index is -0.470. The quantitative estimate of drug-likeness (QED) is 0.864. The third-order valence-electron chi connectivity index (χ3n) is 3.37. The molecule has 0 aliphatic carbocycles. The van der Waals surface area contributed by atoms with E-state index >= 15 is 0 Å². The molecule has 0 amide bonds. The summed E-state index contributed by atoms with van der Waals surface area (Å²) in [5.74, 6) is 0.169. The number of rotatable bonds is 4. The van der Waals surface area contributed by atoms with E-state index in [0.29, 0.717) is 5.75 Å². The van der Waals surface area contributed by atoms with Crippen LogP contribution in [0.1, 0.15) is 40.5 Å². The standard InChI is InChI=1S/C16H24FNO3/c1-9(2)19-15-8-16(14(18)7-13(15)17)21-12-5-10(3)20-11(4)6-12/h7-12H,5-6,18H2,1-4H3. The van der Waals surface area contributed by atoms with Crippen molar-refractivity contribution in [1.29, 1.82) is 0 Å². The fourth-order valence-electron chi connectivity index (χ4n) is 2.62. The molecule has 2 unspecified atom stereocenters. The van der Waals surface area contributed by atoms with E-state index in [1.54, 1.807) is 0 Å². The van der Waals surface area contributed by atoms with Crippen LogP contribution in [0.4, 0.5) is 10.1 Å². The van der Waals surface area contributed by atoms with E-state index < -0.39 is 5.82 Å². The lowest BCUT2D eigenvalue weighted by molar-refractivity contribution is -0.0720. The largest absolute Gasteiger partial charge is 0.488 e. The van der Waals surface area contributed by atoms with Gasteiger partial charge in [0.2, 0.25) is 0 Å². The Kier molecular flexibility index (Phi) is 4.93. The number of anilines is 1. The van der Waals surface area contributed by atoms with Gasteiger partial charge in [-0.3, -0.25) is 0 Å². The number of hydrogen-bond donors (Lipinski definition) is 1. The second-order valence-electron chi connectivity index (χ2n) is 5.96. The zero-order valence-electron chi connectivity index (χ0n) is 13.1. The van der Waals surface area contributed by atoms with E-state index in [0.717, 1.165) is 12.8 Å². The Morgan fingerprint density at radius 1 is 1.19 bits per heavy atom. The summed E-state index contributed by atoms with van der Waals surface area (Å²) in [6.07, 6.45) is 1.78. The Hall–Kier alpha value is -1.49. The number of nitrogen functional groups attached to an aromatic ring is 1. The van der Waals surface area contributed by atoms with Crippen molar-refractivity contribution in [3.05, 3.63) is 17.9 Å². The van der Waals surface area contributed by atoms with Gasteiger partial charge in [-0.2, -0.15) is 0 Å². The second kappa shape index (κ2) is 6.52. The first-order chi connectivity index (χ1) is 9.85. The van der Waals surface area contributed by atoms with Crippen LogP contribution in [-0.2, 0) is 4.74 Å². The van der Waals surface area contributed by atoms with E-state index in [1.165, 1.54) is 12.1 Å². The third kappa shape index (κ3) is 4.24. The number of benzene rings is 1. The van der Waals surface area contributed by atoms with Crippen molar-refractivity contribution >= 4 is 5.69 Å². The van der Waals surface area contributed by atoms with Crippen molar-refractivity contribution in [2.24, 2.45) is 0 Å². The van der Waals surface area contributed by atoms with Crippen molar-refractivity contribution in [2.45, 2.75) is 65.0 Å². The van der Waals surface area contributed by atoms with Crippen molar-refractivity contribution in [2.75, 3.05) is 5.73 Å². The molecule has 0 saturated carbocycles. The van der Waals surface area contributed by atoms with Crippen LogP contribution in [0.25, 0.3) is 0 Å². The molecule has 118 valence electrons. The van der Waals surface area contributed by atoms with Crippen molar-refractivity contribution < 1.29 is 18.6 Å². The lowest BCUT2D eigenvalue weighted by atomic mass is 10.0. The normalized spacial score (nSPS) is 25.9. The molecule has 21 heavy (non-hydrogen) atoms. The molecule has 1 fully saturated rings. The van der Waals surface area contributed by atoms with Crippen molar-refractivity contribution in [3.8, 4) is 11.5 Å². The van der Waals surface area contributed by atoms with E-state index in [-0.39, 0.29) is 35.9 Å². The molecule has 2 rings (SSSR count). The zero-order chi connectivity index (χ0) is 15.6. The first-order valence-corrected chi connectivity index (χ1v) is 7.43. The van der Waals surface area contributed by atoms with Crippen LogP contribution in [0.2, 0.25) is 0 Å². The van der Waals surface area contributed by atoms with Crippen molar-refractivity contribution in [3.63, 3.8) is 0 Å². The van der Waals surface area contributed by atoms with Crippen LogP contribution in [0.3, 0.4) is 0 Å². The molecule has 1 aromatic rings. The number of nitrogens with two attached hydrogens (primary N) is 1. The van der Waals surface area contributed by atoms with Gasteiger partial charge in [-0.1, -0.05) is 0 Å². The fraction of sp³-hybridized carbons (Fsp3) is 0.625. The molecule has 0 bridgehead atoms. The summed E-state index contributed by atoms with van der Waals surface area (Å²) in [6.45, 7) is 7.73. The Morgan fingerprint density at radius 2 is 1.81 bits per heavy atom. The summed E-state index contributed by atoms with van der Waals surface area (Å²) in [4.78, 5) is 0. The maximum Gasteiger partial charge on any atom is 0.167 e. The molecule has 0 aromatic heterocycles. The Bertz CT molecular complexity index is 483. The first-order valence-electron chi connectivity index (χ1n) is 7.43. The first kappa shape index (κ1) is 15.9. The maximum absolute atomic E-state index is 13.8. The van der Waals surface area contributed by atoms with Gasteiger partial charge >= 0.3 is 0 Å². The molecule has 1 aliphatic heterocycles. The third-order valence-corrected chi connectivity index (χ3v) is 3.37. The SMILES string of the molecule is CC(C)Oc1cc(OC2CC(C)OC(C)C2)c(N)cc1F. The number of hydrogen-bond acceptors (Lipinski definition) is 4. The molecule has 4 nitrogen and oxygen atoms in total. The Balaban J connectivity index is 2.15. The minimum Gasteiger partial charge on any atom is -0.488 e. The molecular weight excluding hydrogens is 273 g/mol. The summed E-state index contributed by atoms with van der Waals surface area (Å²) in [6, 6.07) is 2.79. The van der Waals surface area contributed by atoms with E-state index in [9.17, 15) is 4.39 Å². The second-order valence-corrected chi connectivity index (χ2v) is 5.96. The number of halogens is 1. The van der Waals surface area contributed by atoms with Gasteiger partial charge in [0.05, 0.1) is 24.0 Å². The smallest absolute Gasteiger partial charge is 0.167 e. The van der Waals surface area contributed by atoms with Gasteiger partial charge in [0.15, 0.2) is 11.6 Å². The minimum absolute atomic E-state index is 0.0170. The van der Waals surface area contributed by atoms with E-state index in [1.807, 2.05) is 27.7 Å². The molecule has 1 heterocycles. The van der Waals surface area contributed by atoms with Gasteiger partial charge in [-0.25, -0.2) is 4.39 Å². The van der Waals surface area contributed by atoms with Crippen LogP contribution < -0.4 is 15.2 Å². The molecule has 0 radical (unpaired) electrons. The highest BCUT2D eigenvalue weighted by atomic mass is 19.1. The molecule has 2 N–H and O–H groups in total.